The van der Waals surface area contributed by atoms with Crippen LogP contribution in [0.15, 0.2) is 18.2 Å². The van der Waals surface area contributed by atoms with Crippen molar-refractivity contribution in [1.82, 2.24) is 14.8 Å². The molecule has 1 unspecified atom stereocenters. The molecule has 1 N–H and O–H groups in total. The van der Waals surface area contributed by atoms with E-state index in [4.69, 9.17) is 0 Å². The van der Waals surface area contributed by atoms with E-state index >= 15 is 0 Å². The zero-order chi connectivity index (χ0) is 16.4. The van der Waals surface area contributed by atoms with E-state index in [-0.39, 0.29) is 6.42 Å². The van der Waals surface area contributed by atoms with Gasteiger partial charge in [0.15, 0.2) is 11.6 Å². The molecule has 7 heteroatoms. The minimum absolute atomic E-state index is 0.208. The Balaban J connectivity index is 1.80. The van der Waals surface area contributed by atoms with Gasteiger partial charge in [-0.15, -0.1) is 10.2 Å². The second-order valence-electron chi connectivity index (χ2n) is 5.75. The van der Waals surface area contributed by atoms with Crippen LogP contribution in [0.3, 0.4) is 0 Å². The van der Waals surface area contributed by atoms with E-state index in [1.165, 1.54) is 6.07 Å². The van der Waals surface area contributed by atoms with E-state index in [0.717, 1.165) is 44.0 Å². The second kappa shape index (κ2) is 6.62. The maximum Gasteiger partial charge on any atom is 0.227 e. The Morgan fingerprint density at radius 2 is 1.91 bits per heavy atom. The van der Waals surface area contributed by atoms with Crippen LogP contribution < -0.4 is 4.90 Å². The smallest absolute Gasteiger partial charge is 0.227 e. The fourth-order valence-corrected chi connectivity index (χ4v) is 2.96. The Kier molecular flexibility index (Phi) is 4.56. The number of halogens is 2. The lowest BCUT2D eigenvalue weighted by Crippen LogP contribution is -2.22. The first-order valence-electron chi connectivity index (χ1n) is 7.90. The number of hydrogen-bond donors (Lipinski definition) is 1. The van der Waals surface area contributed by atoms with Gasteiger partial charge >= 0.3 is 0 Å². The number of hydrogen-bond acceptors (Lipinski definition) is 4. The van der Waals surface area contributed by atoms with Crippen molar-refractivity contribution >= 4 is 5.95 Å². The van der Waals surface area contributed by atoms with Gasteiger partial charge in [0, 0.05) is 26.1 Å². The van der Waals surface area contributed by atoms with E-state index in [0.29, 0.717) is 17.9 Å². The van der Waals surface area contributed by atoms with E-state index in [1.807, 2.05) is 11.5 Å². The van der Waals surface area contributed by atoms with Gasteiger partial charge in [0.05, 0.1) is 6.10 Å². The van der Waals surface area contributed by atoms with Crippen LogP contribution in [0, 0.1) is 11.6 Å². The minimum Gasteiger partial charge on any atom is -0.388 e. The highest BCUT2D eigenvalue weighted by Crippen LogP contribution is 2.23. The number of aromatic nitrogens is 3. The Morgan fingerprint density at radius 3 is 2.57 bits per heavy atom. The molecule has 0 spiro atoms. The molecule has 124 valence electrons. The lowest BCUT2D eigenvalue weighted by molar-refractivity contribution is 0.174. The van der Waals surface area contributed by atoms with Crippen molar-refractivity contribution < 1.29 is 13.9 Å². The molecule has 1 aliphatic rings. The Bertz CT molecular complexity index is 683. The fraction of sp³-hybridized carbons (Fsp3) is 0.500. The monoisotopic (exact) mass is 322 g/mol. The van der Waals surface area contributed by atoms with Gasteiger partial charge in [-0.2, -0.15) is 0 Å². The van der Waals surface area contributed by atoms with Gasteiger partial charge < -0.3 is 10.0 Å². The number of anilines is 1. The van der Waals surface area contributed by atoms with Crippen molar-refractivity contribution in [3.63, 3.8) is 0 Å². The van der Waals surface area contributed by atoms with E-state index < -0.39 is 17.7 Å². The Morgan fingerprint density at radius 1 is 1.17 bits per heavy atom. The van der Waals surface area contributed by atoms with Gasteiger partial charge in [-0.05, 0) is 37.5 Å². The molecule has 5 nitrogen and oxygen atoms in total. The summed E-state index contributed by atoms with van der Waals surface area (Å²) in [5.74, 6) is -0.422. The van der Waals surface area contributed by atoms with Crippen LogP contribution >= 0.6 is 0 Å². The molecule has 1 atom stereocenters. The average Bonchev–Trinajstić information content (AvgIpc) is 3.18. The fourth-order valence-electron chi connectivity index (χ4n) is 2.96. The summed E-state index contributed by atoms with van der Waals surface area (Å²) in [5, 5.41) is 18.7. The first-order valence-corrected chi connectivity index (χ1v) is 7.90. The number of benzene rings is 1. The molecule has 3 rings (SSSR count). The van der Waals surface area contributed by atoms with Gasteiger partial charge in [0.2, 0.25) is 5.95 Å². The second-order valence-corrected chi connectivity index (χ2v) is 5.75. The van der Waals surface area contributed by atoms with E-state index in [1.54, 1.807) is 0 Å². The van der Waals surface area contributed by atoms with Crippen LogP contribution in [0.5, 0.6) is 0 Å². The third-order valence-electron chi connectivity index (χ3n) is 4.22. The molecule has 2 aromatic rings. The molecule has 0 saturated carbocycles. The van der Waals surface area contributed by atoms with E-state index in [2.05, 4.69) is 15.1 Å². The summed E-state index contributed by atoms with van der Waals surface area (Å²) >= 11 is 0. The van der Waals surface area contributed by atoms with Crippen molar-refractivity contribution in [3.8, 4) is 0 Å². The molecule has 0 bridgehead atoms. The lowest BCUT2D eigenvalue weighted by Gasteiger charge is -2.18. The molecule has 0 aliphatic carbocycles. The molecule has 0 radical (unpaired) electrons. The first kappa shape index (κ1) is 15.9. The molecule has 1 saturated heterocycles. The molecule has 23 heavy (non-hydrogen) atoms. The van der Waals surface area contributed by atoms with Crippen molar-refractivity contribution in [1.29, 1.82) is 0 Å². The maximum atomic E-state index is 13.3. The third kappa shape index (κ3) is 3.19. The molecular formula is C16H20F2N4O. The highest BCUT2D eigenvalue weighted by molar-refractivity contribution is 5.33. The summed E-state index contributed by atoms with van der Waals surface area (Å²) in [6.45, 7) is 4.61. The number of rotatable bonds is 5. The molecule has 2 heterocycles. The summed E-state index contributed by atoms with van der Waals surface area (Å²) in [6.07, 6.45) is 1.54. The zero-order valence-corrected chi connectivity index (χ0v) is 13.0. The van der Waals surface area contributed by atoms with E-state index in [9.17, 15) is 13.9 Å². The molecule has 1 aromatic carbocycles. The van der Waals surface area contributed by atoms with Gasteiger partial charge in [-0.25, -0.2) is 8.78 Å². The molecule has 1 fully saturated rings. The van der Waals surface area contributed by atoms with Crippen LogP contribution in [0.1, 0.15) is 37.3 Å². The standard InChI is InChI=1S/C16H20F2N4O/c1-2-22-15(19-20-16(22)21-7-3-4-8-21)10-14(23)11-5-6-12(17)13(18)9-11/h5-6,9,14,23H,2-4,7-8,10H2,1H3. The Hall–Kier alpha value is -2.02. The minimum atomic E-state index is -0.962. The van der Waals surface area contributed by atoms with Gasteiger partial charge in [0.25, 0.3) is 0 Å². The van der Waals surface area contributed by atoms with Crippen molar-refractivity contribution in [2.75, 3.05) is 18.0 Å². The predicted octanol–water partition coefficient (Wildman–Crippen LogP) is 2.45. The largest absolute Gasteiger partial charge is 0.388 e. The highest BCUT2D eigenvalue weighted by Gasteiger charge is 2.22. The molecule has 1 aliphatic heterocycles. The normalized spacial score (nSPS) is 16.1. The van der Waals surface area contributed by atoms with Gasteiger partial charge in [0.1, 0.15) is 5.82 Å². The molecular weight excluding hydrogens is 302 g/mol. The summed E-state index contributed by atoms with van der Waals surface area (Å²) in [7, 11) is 0. The quantitative estimate of drug-likeness (QED) is 0.919. The zero-order valence-electron chi connectivity index (χ0n) is 13.0. The summed E-state index contributed by atoms with van der Waals surface area (Å²) < 4.78 is 28.3. The predicted molar refractivity (Wildman–Crippen MR) is 82.2 cm³/mol. The van der Waals surface area contributed by atoms with Crippen molar-refractivity contribution in [2.24, 2.45) is 0 Å². The van der Waals surface area contributed by atoms with Crippen molar-refractivity contribution in [2.45, 2.75) is 38.8 Å². The van der Waals surface area contributed by atoms with Crippen molar-refractivity contribution in [3.05, 3.63) is 41.2 Å². The molecule has 0 amide bonds. The average molecular weight is 322 g/mol. The van der Waals surface area contributed by atoms with Crippen LogP contribution in [-0.2, 0) is 13.0 Å². The van der Waals surface area contributed by atoms with Gasteiger partial charge in [-0.1, -0.05) is 6.07 Å². The number of aliphatic hydroxyl groups is 1. The van der Waals surface area contributed by atoms with Gasteiger partial charge in [-0.3, -0.25) is 4.57 Å². The van der Waals surface area contributed by atoms with Crippen LogP contribution in [-0.4, -0.2) is 33.0 Å². The third-order valence-corrected chi connectivity index (χ3v) is 4.22. The molecule has 1 aromatic heterocycles. The number of nitrogens with zero attached hydrogens (tertiary/aromatic N) is 4. The number of aliphatic hydroxyl groups excluding tert-OH is 1. The van der Waals surface area contributed by atoms with Crippen LogP contribution in [0.25, 0.3) is 0 Å². The Labute approximate surface area is 133 Å². The highest BCUT2D eigenvalue weighted by atomic mass is 19.2. The summed E-state index contributed by atoms with van der Waals surface area (Å²) in [6, 6.07) is 3.43. The van der Waals surface area contributed by atoms with Crippen LogP contribution in [0.4, 0.5) is 14.7 Å². The van der Waals surface area contributed by atoms with Crippen LogP contribution in [0.2, 0.25) is 0 Å². The maximum absolute atomic E-state index is 13.3. The lowest BCUT2D eigenvalue weighted by atomic mass is 10.1. The first-order chi connectivity index (χ1) is 11.1. The topological polar surface area (TPSA) is 54.2 Å². The summed E-state index contributed by atoms with van der Waals surface area (Å²) in [5.41, 5.74) is 0.331. The SMILES string of the molecule is CCn1c(CC(O)c2ccc(F)c(F)c2)nnc1N1CCCC1. The summed E-state index contributed by atoms with van der Waals surface area (Å²) in [4.78, 5) is 2.18.